The highest BCUT2D eigenvalue weighted by molar-refractivity contribution is 7.98. The molecular formula is C10H13F2NOS. The summed E-state index contributed by atoms with van der Waals surface area (Å²) in [5.74, 6) is -1.27. The molecule has 0 bridgehead atoms. The van der Waals surface area contributed by atoms with E-state index in [1.54, 1.807) is 13.3 Å². The molecule has 0 aromatic heterocycles. The van der Waals surface area contributed by atoms with Gasteiger partial charge in [0.1, 0.15) is 11.6 Å². The van der Waals surface area contributed by atoms with Crippen LogP contribution >= 0.6 is 11.8 Å². The first-order valence-corrected chi connectivity index (χ1v) is 5.68. The fourth-order valence-corrected chi connectivity index (χ4v) is 1.86. The fraction of sp³-hybridized carbons (Fsp3) is 0.400. The smallest absolute Gasteiger partial charge is 0.145 e. The molecule has 0 fully saturated rings. The molecule has 1 unspecified atom stereocenters. The van der Waals surface area contributed by atoms with Crippen molar-refractivity contribution in [2.75, 3.05) is 19.8 Å². The molecule has 1 aromatic rings. The van der Waals surface area contributed by atoms with Crippen LogP contribution in [0.15, 0.2) is 17.0 Å². The van der Waals surface area contributed by atoms with Crippen molar-refractivity contribution in [2.45, 2.75) is 11.0 Å². The Balaban J connectivity index is 3.09. The molecule has 2 nitrogen and oxygen atoms in total. The van der Waals surface area contributed by atoms with Gasteiger partial charge in [-0.1, -0.05) is 6.07 Å². The number of likely N-dealkylation sites (N-methyl/N-ethyl adjacent to an activating group) is 1. The van der Waals surface area contributed by atoms with Crippen molar-refractivity contribution in [3.63, 3.8) is 0 Å². The molecular weight excluding hydrogens is 220 g/mol. The van der Waals surface area contributed by atoms with E-state index in [1.807, 2.05) is 0 Å². The van der Waals surface area contributed by atoms with Gasteiger partial charge in [0.05, 0.1) is 11.0 Å². The van der Waals surface area contributed by atoms with Crippen LogP contribution in [0.1, 0.15) is 11.7 Å². The minimum absolute atomic E-state index is 0.0531. The number of benzene rings is 1. The van der Waals surface area contributed by atoms with Gasteiger partial charge in [0, 0.05) is 12.1 Å². The van der Waals surface area contributed by atoms with Crippen LogP contribution in [0.4, 0.5) is 8.78 Å². The molecule has 0 amide bonds. The highest BCUT2D eigenvalue weighted by Crippen LogP contribution is 2.28. The molecule has 5 heteroatoms. The molecule has 0 saturated heterocycles. The van der Waals surface area contributed by atoms with Crippen LogP contribution in [0.3, 0.4) is 0 Å². The summed E-state index contributed by atoms with van der Waals surface area (Å²) < 4.78 is 26.8. The van der Waals surface area contributed by atoms with E-state index in [9.17, 15) is 13.9 Å². The minimum Gasteiger partial charge on any atom is -0.387 e. The lowest BCUT2D eigenvalue weighted by Crippen LogP contribution is -2.18. The zero-order valence-electron chi connectivity index (χ0n) is 8.55. The van der Waals surface area contributed by atoms with E-state index in [-0.39, 0.29) is 17.0 Å². The molecule has 0 spiro atoms. The maximum atomic E-state index is 13.7. The Labute approximate surface area is 91.7 Å². The monoisotopic (exact) mass is 233 g/mol. The van der Waals surface area contributed by atoms with Gasteiger partial charge in [0.2, 0.25) is 0 Å². The molecule has 0 aliphatic carbocycles. The quantitative estimate of drug-likeness (QED) is 0.779. The van der Waals surface area contributed by atoms with E-state index < -0.39 is 17.7 Å². The first-order chi connectivity index (χ1) is 7.11. The summed E-state index contributed by atoms with van der Waals surface area (Å²) in [5.41, 5.74) is 0.120. The second kappa shape index (κ2) is 5.44. The van der Waals surface area contributed by atoms with Crippen molar-refractivity contribution in [1.82, 2.24) is 5.32 Å². The Morgan fingerprint density at radius 1 is 1.47 bits per heavy atom. The van der Waals surface area contributed by atoms with Gasteiger partial charge in [-0.2, -0.15) is 0 Å². The number of halogens is 2. The molecule has 84 valence electrons. The second-order valence-corrected chi connectivity index (χ2v) is 3.87. The number of thioether (sulfide) groups is 1. The molecule has 1 aromatic carbocycles. The van der Waals surface area contributed by atoms with E-state index in [1.165, 1.54) is 12.1 Å². The van der Waals surface area contributed by atoms with Gasteiger partial charge >= 0.3 is 0 Å². The maximum absolute atomic E-state index is 13.7. The summed E-state index contributed by atoms with van der Waals surface area (Å²) in [7, 11) is 1.65. The van der Waals surface area contributed by atoms with E-state index in [0.29, 0.717) is 0 Å². The summed E-state index contributed by atoms with van der Waals surface area (Å²) in [4.78, 5) is -0.0531. The zero-order chi connectivity index (χ0) is 11.4. The first-order valence-electron chi connectivity index (χ1n) is 4.46. The van der Waals surface area contributed by atoms with Crippen molar-refractivity contribution >= 4 is 11.8 Å². The number of hydrogen-bond donors (Lipinski definition) is 2. The summed E-state index contributed by atoms with van der Waals surface area (Å²) in [6, 6.07) is 2.44. The predicted octanol–water partition coefficient (Wildman–Crippen LogP) is 1.94. The summed E-state index contributed by atoms with van der Waals surface area (Å²) in [6.45, 7) is 0.233. The van der Waals surface area contributed by atoms with E-state index in [0.717, 1.165) is 11.8 Å². The summed E-state index contributed by atoms with van der Waals surface area (Å²) in [6.07, 6.45) is 0.636. The lowest BCUT2D eigenvalue weighted by Gasteiger charge is -2.13. The topological polar surface area (TPSA) is 32.3 Å². The van der Waals surface area contributed by atoms with Crippen LogP contribution in [0.5, 0.6) is 0 Å². The van der Waals surface area contributed by atoms with Gasteiger partial charge in [-0.05, 0) is 19.4 Å². The van der Waals surface area contributed by atoms with E-state index in [2.05, 4.69) is 5.32 Å². The first kappa shape index (κ1) is 12.4. The number of nitrogens with one attached hydrogen (secondary N) is 1. The van der Waals surface area contributed by atoms with Gasteiger partial charge in [0.25, 0.3) is 0 Å². The average Bonchev–Trinajstić information content (AvgIpc) is 2.18. The van der Waals surface area contributed by atoms with Crippen LogP contribution < -0.4 is 5.32 Å². The third-order valence-electron chi connectivity index (χ3n) is 2.04. The van der Waals surface area contributed by atoms with E-state index in [4.69, 9.17) is 0 Å². The zero-order valence-corrected chi connectivity index (χ0v) is 9.37. The fourth-order valence-electron chi connectivity index (χ4n) is 1.30. The van der Waals surface area contributed by atoms with Crippen LogP contribution in [0.2, 0.25) is 0 Å². The Morgan fingerprint density at radius 2 is 2.13 bits per heavy atom. The molecule has 0 heterocycles. The van der Waals surface area contributed by atoms with Crippen LogP contribution in [0.25, 0.3) is 0 Å². The molecule has 0 aliphatic rings. The molecule has 2 N–H and O–H groups in total. The standard InChI is InChI=1S/C10H13F2NOS/c1-13-5-8(14)6-3-4-7(11)10(15-2)9(6)12/h3-4,8,13-14H,5H2,1-2H3. The number of hydrogen-bond acceptors (Lipinski definition) is 3. The Morgan fingerprint density at radius 3 is 2.67 bits per heavy atom. The second-order valence-electron chi connectivity index (χ2n) is 3.06. The molecule has 1 atom stereocenters. The van der Waals surface area contributed by atoms with Crippen LogP contribution in [0, 0.1) is 11.6 Å². The van der Waals surface area contributed by atoms with Gasteiger partial charge < -0.3 is 10.4 Å². The summed E-state index contributed by atoms with van der Waals surface area (Å²) in [5, 5.41) is 12.3. The maximum Gasteiger partial charge on any atom is 0.145 e. The average molecular weight is 233 g/mol. The van der Waals surface area contributed by atoms with E-state index >= 15 is 0 Å². The van der Waals surface area contributed by atoms with Gasteiger partial charge in [-0.3, -0.25) is 0 Å². The van der Waals surface area contributed by atoms with Gasteiger partial charge in [-0.15, -0.1) is 11.8 Å². The van der Waals surface area contributed by atoms with Crippen molar-refractivity contribution in [2.24, 2.45) is 0 Å². The molecule has 1 rings (SSSR count). The predicted molar refractivity (Wildman–Crippen MR) is 57.0 cm³/mol. The van der Waals surface area contributed by atoms with Crippen LogP contribution in [-0.2, 0) is 0 Å². The summed E-state index contributed by atoms with van der Waals surface area (Å²) >= 11 is 0.990. The number of aliphatic hydroxyl groups is 1. The van der Waals surface area contributed by atoms with Crippen molar-refractivity contribution in [3.8, 4) is 0 Å². The largest absolute Gasteiger partial charge is 0.387 e. The number of rotatable bonds is 4. The van der Waals surface area contributed by atoms with Crippen LogP contribution in [-0.4, -0.2) is 25.0 Å². The highest BCUT2D eigenvalue weighted by Gasteiger charge is 2.17. The number of aliphatic hydroxyl groups excluding tert-OH is 1. The van der Waals surface area contributed by atoms with Crippen molar-refractivity contribution < 1.29 is 13.9 Å². The Bertz CT molecular complexity index is 346. The molecule has 0 radical (unpaired) electrons. The highest BCUT2D eigenvalue weighted by atomic mass is 32.2. The van der Waals surface area contributed by atoms with Gasteiger partial charge in [-0.25, -0.2) is 8.78 Å². The third-order valence-corrected chi connectivity index (χ3v) is 2.82. The minimum atomic E-state index is -0.957. The lowest BCUT2D eigenvalue weighted by molar-refractivity contribution is 0.172. The van der Waals surface area contributed by atoms with Gasteiger partial charge in [0.15, 0.2) is 0 Å². The SMILES string of the molecule is CNCC(O)c1ccc(F)c(SC)c1F. The van der Waals surface area contributed by atoms with Crippen molar-refractivity contribution in [1.29, 1.82) is 0 Å². The lowest BCUT2D eigenvalue weighted by atomic mass is 10.1. The molecule has 0 aliphatic heterocycles. The normalized spacial score (nSPS) is 12.9. The molecule has 15 heavy (non-hydrogen) atoms. The third kappa shape index (κ3) is 2.68. The Kier molecular flexibility index (Phi) is 4.50. The molecule has 0 saturated carbocycles. The van der Waals surface area contributed by atoms with Crippen molar-refractivity contribution in [3.05, 3.63) is 29.3 Å². The Hall–Kier alpha value is -0.650.